The Balaban J connectivity index is 1.64. The van der Waals surface area contributed by atoms with Gasteiger partial charge < -0.3 is 14.8 Å². The second kappa shape index (κ2) is 6.50. The molecule has 110 valence electrons. The molecule has 0 aliphatic carbocycles. The molecule has 4 heteroatoms. The molecule has 0 bridgehead atoms. The van der Waals surface area contributed by atoms with Crippen LogP contribution in [0.3, 0.4) is 0 Å². The molecular weight excluding hydrogens is 330 g/mol. The Hall–Kier alpha value is -1.52. The molecule has 0 saturated heterocycles. The molecule has 0 saturated carbocycles. The summed E-state index contributed by atoms with van der Waals surface area (Å²) in [6, 6.07) is 12.7. The van der Waals surface area contributed by atoms with E-state index < -0.39 is 0 Å². The largest absolute Gasteiger partial charge is 0.486 e. The van der Waals surface area contributed by atoms with Crippen LogP contribution in [0.5, 0.6) is 11.5 Å². The highest BCUT2D eigenvalue weighted by molar-refractivity contribution is 9.10. The number of aryl methyl sites for hydroxylation is 1. The first-order chi connectivity index (χ1) is 10.2. The van der Waals surface area contributed by atoms with Crippen molar-refractivity contribution in [2.24, 2.45) is 0 Å². The molecular formula is C17H18BrNO2. The number of benzene rings is 2. The van der Waals surface area contributed by atoms with Crippen LogP contribution in [0.1, 0.15) is 16.7 Å². The minimum absolute atomic E-state index is 0.608. The van der Waals surface area contributed by atoms with Gasteiger partial charge in [-0.2, -0.15) is 0 Å². The van der Waals surface area contributed by atoms with E-state index >= 15 is 0 Å². The van der Waals surface area contributed by atoms with Crippen molar-refractivity contribution >= 4 is 15.9 Å². The van der Waals surface area contributed by atoms with E-state index in [1.807, 2.05) is 6.07 Å². The Labute approximate surface area is 133 Å². The quantitative estimate of drug-likeness (QED) is 0.911. The van der Waals surface area contributed by atoms with Crippen molar-refractivity contribution in [2.75, 3.05) is 13.2 Å². The predicted octanol–water partition coefficient (Wildman–Crippen LogP) is 3.82. The van der Waals surface area contributed by atoms with Gasteiger partial charge in [0.1, 0.15) is 13.2 Å². The predicted molar refractivity (Wildman–Crippen MR) is 86.9 cm³/mol. The SMILES string of the molecule is Cc1cccc(CNCc2cc(Br)c3c(c2)OCCO3)c1. The van der Waals surface area contributed by atoms with Gasteiger partial charge in [0.05, 0.1) is 4.47 Å². The van der Waals surface area contributed by atoms with Gasteiger partial charge in [0, 0.05) is 13.1 Å². The zero-order valence-corrected chi connectivity index (χ0v) is 13.6. The van der Waals surface area contributed by atoms with Gasteiger partial charge in [-0.3, -0.25) is 0 Å². The maximum Gasteiger partial charge on any atom is 0.175 e. The molecule has 3 rings (SSSR count). The first-order valence-corrected chi connectivity index (χ1v) is 7.86. The molecule has 3 nitrogen and oxygen atoms in total. The molecule has 0 radical (unpaired) electrons. The van der Waals surface area contributed by atoms with Gasteiger partial charge in [-0.25, -0.2) is 0 Å². The Kier molecular flexibility index (Phi) is 4.46. The van der Waals surface area contributed by atoms with Crippen LogP contribution < -0.4 is 14.8 Å². The number of ether oxygens (including phenoxy) is 2. The van der Waals surface area contributed by atoms with E-state index in [0.717, 1.165) is 29.1 Å². The first kappa shape index (κ1) is 14.4. The standard InChI is InChI=1S/C17H18BrNO2/c1-12-3-2-4-13(7-12)10-19-11-14-8-15(18)17-16(9-14)20-5-6-21-17/h2-4,7-9,19H,5-6,10-11H2,1H3. The summed E-state index contributed by atoms with van der Waals surface area (Å²) in [7, 11) is 0. The van der Waals surface area contributed by atoms with E-state index in [1.54, 1.807) is 0 Å². The second-order valence-electron chi connectivity index (χ2n) is 5.19. The summed E-state index contributed by atoms with van der Waals surface area (Å²) in [5, 5.41) is 3.46. The third kappa shape index (κ3) is 3.57. The highest BCUT2D eigenvalue weighted by atomic mass is 79.9. The zero-order chi connectivity index (χ0) is 14.7. The summed E-state index contributed by atoms with van der Waals surface area (Å²) in [5.74, 6) is 1.63. The van der Waals surface area contributed by atoms with E-state index in [1.165, 1.54) is 16.7 Å². The van der Waals surface area contributed by atoms with Gasteiger partial charge >= 0.3 is 0 Å². The van der Waals surface area contributed by atoms with Crippen molar-refractivity contribution in [1.29, 1.82) is 0 Å². The molecule has 2 aromatic carbocycles. The van der Waals surface area contributed by atoms with Crippen molar-refractivity contribution in [2.45, 2.75) is 20.0 Å². The van der Waals surface area contributed by atoms with Gasteiger partial charge in [0.25, 0.3) is 0 Å². The van der Waals surface area contributed by atoms with Crippen LogP contribution in [-0.4, -0.2) is 13.2 Å². The van der Waals surface area contributed by atoms with Crippen LogP contribution in [0.2, 0.25) is 0 Å². The number of hydrogen-bond donors (Lipinski definition) is 1. The number of fused-ring (bicyclic) bond motifs is 1. The summed E-state index contributed by atoms with van der Waals surface area (Å²) in [6.07, 6.45) is 0. The van der Waals surface area contributed by atoms with Crippen LogP contribution in [0.15, 0.2) is 40.9 Å². The summed E-state index contributed by atoms with van der Waals surface area (Å²) in [4.78, 5) is 0. The molecule has 1 N–H and O–H groups in total. The third-order valence-corrected chi connectivity index (χ3v) is 3.99. The maximum absolute atomic E-state index is 5.64. The lowest BCUT2D eigenvalue weighted by atomic mass is 10.1. The second-order valence-corrected chi connectivity index (χ2v) is 6.05. The average molecular weight is 348 g/mol. The van der Waals surface area contributed by atoms with Crippen molar-refractivity contribution < 1.29 is 9.47 Å². The normalized spacial score (nSPS) is 13.2. The van der Waals surface area contributed by atoms with Crippen LogP contribution in [0.25, 0.3) is 0 Å². The first-order valence-electron chi connectivity index (χ1n) is 7.06. The molecule has 1 aliphatic rings. The topological polar surface area (TPSA) is 30.5 Å². The average Bonchev–Trinajstić information content (AvgIpc) is 2.47. The third-order valence-electron chi connectivity index (χ3n) is 3.40. The molecule has 0 unspecified atom stereocenters. The molecule has 0 atom stereocenters. The zero-order valence-electron chi connectivity index (χ0n) is 12.0. The van der Waals surface area contributed by atoms with Gasteiger partial charge in [0.15, 0.2) is 11.5 Å². The summed E-state index contributed by atoms with van der Waals surface area (Å²) >= 11 is 3.55. The lowest BCUT2D eigenvalue weighted by molar-refractivity contribution is 0.170. The van der Waals surface area contributed by atoms with Crippen LogP contribution in [0, 0.1) is 6.92 Å². The van der Waals surface area contributed by atoms with Crippen molar-refractivity contribution in [3.05, 3.63) is 57.6 Å². The van der Waals surface area contributed by atoms with Gasteiger partial charge in [-0.15, -0.1) is 0 Å². The lowest BCUT2D eigenvalue weighted by Crippen LogP contribution is -2.17. The van der Waals surface area contributed by atoms with Crippen LogP contribution >= 0.6 is 15.9 Å². The fourth-order valence-electron chi connectivity index (χ4n) is 2.44. The minimum Gasteiger partial charge on any atom is -0.486 e. The fraction of sp³-hybridized carbons (Fsp3) is 0.294. The van der Waals surface area contributed by atoms with Crippen LogP contribution in [0.4, 0.5) is 0 Å². The fourth-order valence-corrected chi connectivity index (χ4v) is 3.04. The van der Waals surface area contributed by atoms with Crippen molar-refractivity contribution in [3.8, 4) is 11.5 Å². The number of halogens is 1. The maximum atomic E-state index is 5.64. The van der Waals surface area contributed by atoms with Crippen molar-refractivity contribution in [3.63, 3.8) is 0 Å². The van der Waals surface area contributed by atoms with Gasteiger partial charge in [0.2, 0.25) is 0 Å². The van der Waals surface area contributed by atoms with Crippen LogP contribution in [-0.2, 0) is 13.1 Å². The van der Waals surface area contributed by atoms with Crippen molar-refractivity contribution in [1.82, 2.24) is 5.32 Å². The summed E-state index contributed by atoms with van der Waals surface area (Å²) < 4.78 is 12.2. The molecule has 0 fully saturated rings. The molecule has 0 amide bonds. The molecule has 0 spiro atoms. The molecule has 2 aromatic rings. The lowest BCUT2D eigenvalue weighted by Gasteiger charge is -2.20. The minimum atomic E-state index is 0.608. The van der Waals surface area contributed by atoms with E-state index in [4.69, 9.17) is 9.47 Å². The van der Waals surface area contributed by atoms with E-state index in [9.17, 15) is 0 Å². The monoisotopic (exact) mass is 347 g/mol. The Morgan fingerprint density at radius 3 is 2.71 bits per heavy atom. The molecule has 0 aromatic heterocycles. The highest BCUT2D eigenvalue weighted by Gasteiger charge is 2.16. The van der Waals surface area contributed by atoms with Gasteiger partial charge in [-0.1, -0.05) is 29.8 Å². The van der Waals surface area contributed by atoms with Gasteiger partial charge in [-0.05, 0) is 46.1 Å². The number of nitrogens with one attached hydrogen (secondary N) is 1. The molecule has 21 heavy (non-hydrogen) atoms. The molecule has 1 heterocycles. The summed E-state index contributed by atoms with van der Waals surface area (Å²) in [5.41, 5.74) is 3.77. The Morgan fingerprint density at radius 2 is 1.86 bits per heavy atom. The summed E-state index contributed by atoms with van der Waals surface area (Å²) in [6.45, 7) is 4.98. The highest BCUT2D eigenvalue weighted by Crippen LogP contribution is 2.38. The smallest absolute Gasteiger partial charge is 0.175 e. The van der Waals surface area contributed by atoms with E-state index in [-0.39, 0.29) is 0 Å². The Morgan fingerprint density at radius 1 is 1.05 bits per heavy atom. The number of hydrogen-bond acceptors (Lipinski definition) is 3. The van der Waals surface area contributed by atoms with E-state index in [2.05, 4.69) is 58.5 Å². The Bertz CT molecular complexity index is 643. The van der Waals surface area contributed by atoms with E-state index in [0.29, 0.717) is 13.2 Å². The number of rotatable bonds is 4. The molecule has 1 aliphatic heterocycles.